The number of rotatable bonds is 1. The lowest BCUT2D eigenvalue weighted by Crippen LogP contribution is -2.19. The fourth-order valence-electron chi connectivity index (χ4n) is 1.30. The van der Waals surface area contributed by atoms with Gasteiger partial charge in [0.1, 0.15) is 0 Å². The summed E-state index contributed by atoms with van der Waals surface area (Å²) in [5.74, 6) is 0. The number of fused-ring (bicyclic) bond motifs is 1. The number of nitrogens with two attached hydrogens (primary N) is 1. The van der Waals surface area contributed by atoms with Gasteiger partial charge in [-0.25, -0.2) is 9.59 Å². The molecule has 0 spiro atoms. The molecule has 0 aliphatic carbocycles. The minimum Gasteiger partial charge on any atom is -0.351 e. The quantitative estimate of drug-likeness (QED) is 0.523. The van der Waals surface area contributed by atoms with Crippen LogP contribution < -0.4 is 16.7 Å². The maximum Gasteiger partial charge on any atom is 0.323 e. The molecular formula is C8H8N4O2. The molecule has 0 unspecified atom stereocenters. The molecule has 0 fully saturated rings. The molecular weight excluding hydrogens is 184 g/mol. The summed E-state index contributed by atoms with van der Waals surface area (Å²) in [4.78, 5) is 26.7. The number of nitrogens with one attached hydrogen (secondary N) is 3. The topological polar surface area (TPSA) is 104 Å². The van der Waals surface area contributed by atoms with Crippen molar-refractivity contribution >= 4 is 22.8 Å². The van der Waals surface area contributed by atoms with Crippen molar-refractivity contribution in [2.24, 2.45) is 5.73 Å². The predicted octanol–water partition coefficient (Wildman–Crippen LogP) is 0.347. The van der Waals surface area contributed by atoms with Gasteiger partial charge in [0.25, 0.3) is 0 Å². The molecule has 2 aromatic rings. The van der Waals surface area contributed by atoms with Gasteiger partial charge in [0.15, 0.2) is 0 Å². The monoisotopic (exact) mass is 192 g/mol. The summed E-state index contributed by atoms with van der Waals surface area (Å²) in [7, 11) is 0. The molecule has 6 nitrogen and oxygen atoms in total. The summed E-state index contributed by atoms with van der Waals surface area (Å²) in [5, 5.41) is 2.41. The van der Waals surface area contributed by atoms with E-state index in [9.17, 15) is 9.59 Å². The molecule has 2 rings (SSSR count). The second kappa shape index (κ2) is 2.91. The van der Waals surface area contributed by atoms with Gasteiger partial charge in [-0.3, -0.25) is 0 Å². The van der Waals surface area contributed by atoms with Gasteiger partial charge in [-0.15, -0.1) is 0 Å². The van der Waals surface area contributed by atoms with Crippen LogP contribution in [0.1, 0.15) is 0 Å². The number of primary amides is 1. The first-order valence-electron chi connectivity index (χ1n) is 3.94. The summed E-state index contributed by atoms with van der Waals surface area (Å²) >= 11 is 0. The number of carbonyl (C=O) groups excluding carboxylic acids is 1. The first-order chi connectivity index (χ1) is 6.66. The highest BCUT2D eigenvalue weighted by molar-refractivity contribution is 5.97. The van der Waals surface area contributed by atoms with Crippen molar-refractivity contribution in [2.75, 3.05) is 5.32 Å². The van der Waals surface area contributed by atoms with Gasteiger partial charge in [-0.2, -0.15) is 0 Å². The van der Waals surface area contributed by atoms with E-state index in [-0.39, 0.29) is 5.69 Å². The molecule has 2 amide bonds. The number of carbonyl (C=O) groups is 1. The zero-order chi connectivity index (χ0) is 10.1. The molecule has 6 heteroatoms. The van der Waals surface area contributed by atoms with E-state index in [4.69, 9.17) is 5.73 Å². The van der Waals surface area contributed by atoms with E-state index >= 15 is 0 Å². The summed E-state index contributed by atoms with van der Waals surface area (Å²) < 4.78 is 0. The number of urea groups is 1. The van der Waals surface area contributed by atoms with Crippen LogP contribution in [-0.4, -0.2) is 16.0 Å². The Balaban J connectivity index is 2.64. The average Bonchev–Trinajstić information content (AvgIpc) is 2.45. The zero-order valence-electron chi connectivity index (χ0n) is 7.13. The van der Waals surface area contributed by atoms with E-state index in [1.807, 2.05) is 0 Å². The molecule has 5 N–H and O–H groups in total. The van der Waals surface area contributed by atoms with Crippen molar-refractivity contribution in [1.82, 2.24) is 9.97 Å². The van der Waals surface area contributed by atoms with Gasteiger partial charge in [0.2, 0.25) is 0 Å². The largest absolute Gasteiger partial charge is 0.351 e. The van der Waals surface area contributed by atoms with Gasteiger partial charge < -0.3 is 21.0 Å². The third-order valence-corrected chi connectivity index (χ3v) is 1.81. The Labute approximate surface area is 78.1 Å². The van der Waals surface area contributed by atoms with E-state index in [1.54, 1.807) is 18.2 Å². The summed E-state index contributed by atoms with van der Waals surface area (Å²) in [6.07, 6.45) is 0. The summed E-state index contributed by atoms with van der Waals surface area (Å²) in [6.45, 7) is 0. The lowest BCUT2D eigenvalue weighted by atomic mass is 10.3. The smallest absolute Gasteiger partial charge is 0.323 e. The maximum absolute atomic E-state index is 11.0. The van der Waals surface area contributed by atoms with E-state index in [2.05, 4.69) is 15.3 Å². The highest BCUT2D eigenvalue weighted by Gasteiger charge is 2.04. The first kappa shape index (κ1) is 8.36. The van der Waals surface area contributed by atoms with E-state index in [0.29, 0.717) is 16.7 Å². The standard InChI is InChI=1S/C8H8N4O2/c9-7(13)10-4-2-1-3-5-6(4)12-8(14)11-5/h1-3H,(H3,9,10,13)(H2,11,12,14). The van der Waals surface area contributed by atoms with Gasteiger partial charge in [0, 0.05) is 0 Å². The molecule has 0 saturated carbocycles. The van der Waals surface area contributed by atoms with Crippen LogP contribution in [0.3, 0.4) is 0 Å². The maximum atomic E-state index is 11.0. The van der Waals surface area contributed by atoms with Crippen molar-refractivity contribution in [2.45, 2.75) is 0 Å². The molecule has 0 saturated heterocycles. The van der Waals surface area contributed by atoms with Crippen molar-refractivity contribution in [3.63, 3.8) is 0 Å². The van der Waals surface area contributed by atoms with Crippen LogP contribution in [0.15, 0.2) is 23.0 Å². The molecule has 1 heterocycles. The fourth-order valence-corrected chi connectivity index (χ4v) is 1.30. The Kier molecular flexibility index (Phi) is 1.74. The number of para-hydroxylation sites is 1. The zero-order valence-corrected chi connectivity index (χ0v) is 7.13. The number of benzene rings is 1. The van der Waals surface area contributed by atoms with E-state index in [1.165, 1.54) is 0 Å². The van der Waals surface area contributed by atoms with E-state index < -0.39 is 6.03 Å². The number of amides is 2. The van der Waals surface area contributed by atoms with Gasteiger partial charge >= 0.3 is 11.7 Å². The Morgan fingerprint density at radius 1 is 1.36 bits per heavy atom. The normalized spacial score (nSPS) is 10.3. The third kappa shape index (κ3) is 1.33. The number of hydrogen-bond donors (Lipinski definition) is 4. The molecule has 0 aliphatic heterocycles. The molecule has 1 aromatic carbocycles. The predicted molar refractivity (Wildman–Crippen MR) is 52.1 cm³/mol. The average molecular weight is 192 g/mol. The Morgan fingerprint density at radius 3 is 2.86 bits per heavy atom. The van der Waals surface area contributed by atoms with Crippen LogP contribution in [0.25, 0.3) is 11.0 Å². The summed E-state index contributed by atoms with van der Waals surface area (Å²) in [5.41, 5.74) is 6.29. The number of aromatic nitrogens is 2. The van der Waals surface area contributed by atoms with Crippen molar-refractivity contribution in [3.8, 4) is 0 Å². The molecule has 14 heavy (non-hydrogen) atoms. The number of H-pyrrole nitrogens is 2. The van der Waals surface area contributed by atoms with Gasteiger partial charge in [-0.05, 0) is 12.1 Å². The van der Waals surface area contributed by atoms with E-state index in [0.717, 1.165) is 0 Å². The SMILES string of the molecule is NC(=O)Nc1cccc2[nH]c(=O)[nH]c12. The highest BCUT2D eigenvalue weighted by Crippen LogP contribution is 2.17. The Bertz CT molecular complexity index is 540. The highest BCUT2D eigenvalue weighted by atomic mass is 16.2. The number of imidazole rings is 1. The molecule has 72 valence electrons. The number of aromatic amines is 2. The molecule has 0 atom stereocenters. The van der Waals surface area contributed by atoms with Crippen LogP contribution in [0, 0.1) is 0 Å². The molecule has 0 bridgehead atoms. The van der Waals surface area contributed by atoms with Gasteiger partial charge in [0.05, 0.1) is 16.7 Å². The summed E-state index contributed by atoms with van der Waals surface area (Å²) in [6, 6.07) is 4.41. The van der Waals surface area contributed by atoms with Crippen molar-refractivity contribution in [1.29, 1.82) is 0 Å². The number of anilines is 1. The van der Waals surface area contributed by atoms with Gasteiger partial charge in [-0.1, -0.05) is 6.07 Å². The van der Waals surface area contributed by atoms with Crippen LogP contribution in [0.2, 0.25) is 0 Å². The Hall–Kier alpha value is -2.24. The van der Waals surface area contributed by atoms with Crippen molar-refractivity contribution < 1.29 is 4.79 Å². The lowest BCUT2D eigenvalue weighted by Gasteiger charge is -2.01. The molecule has 0 aliphatic rings. The minimum atomic E-state index is -0.667. The second-order valence-corrected chi connectivity index (χ2v) is 2.80. The second-order valence-electron chi connectivity index (χ2n) is 2.80. The lowest BCUT2D eigenvalue weighted by molar-refractivity contribution is 0.259. The first-order valence-corrected chi connectivity index (χ1v) is 3.94. The Morgan fingerprint density at radius 2 is 2.14 bits per heavy atom. The van der Waals surface area contributed by atoms with Crippen LogP contribution in [-0.2, 0) is 0 Å². The third-order valence-electron chi connectivity index (χ3n) is 1.81. The van der Waals surface area contributed by atoms with Crippen LogP contribution >= 0.6 is 0 Å². The fraction of sp³-hybridized carbons (Fsp3) is 0. The molecule has 1 aromatic heterocycles. The van der Waals surface area contributed by atoms with Crippen molar-refractivity contribution in [3.05, 3.63) is 28.7 Å². The molecule has 0 radical (unpaired) electrons. The number of hydrogen-bond acceptors (Lipinski definition) is 2. The van der Waals surface area contributed by atoms with Crippen LogP contribution in [0.5, 0.6) is 0 Å². The van der Waals surface area contributed by atoms with Crippen LogP contribution in [0.4, 0.5) is 10.5 Å². The minimum absolute atomic E-state index is 0.321.